The van der Waals surface area contributed by atoms with E-state index in [-0.39, 0.29) is 5.82 Å². The fraction of sp³-hybridized carbons (Fsp3) is 0.200. The van der Waals surface area contributed by atoms with Gasteiger partial charge in [0.1, 0.15) is 5.82 Å². The Balaban J connectivity index is 2.13. The highest BCUT2D eigenvalue weighted by Gasteiger charge is 2.09. The summed E-state index contributed by atoms with van der Waals surface area (Å²) >= 11 is 1.76. The van der Waals surface area contributed by atoms with Gasteiger partial charge in [0.15, 0.2) is 0 Å². The molecule has 0 saturated heterocycles. The maximum Gasteiger partial charge on any atom is 0.123 e. The maximum absolute atomic E-state index is 13.4. The number of thiophene rings is 1. The normalized spacial score (nSPS) is 12.0. The molecule has 0 amide bonds. The van der Waals surface area contributed by atoms with Crippen LogP contribution >= 0.6 is 11.3 Å². The van der Waals surface area contributed by atoms with Crippen LogP contribution in [0.1, 0.15) is 36.5 Å². The number of fused-ring (bicyclic) bond motifs is 1. The van der Waals surface area contributed by atoms with Gasteiger partial charge in [-0.25, -0.2) is 4.39 Å². The number of hydrogen-bond acceptors (Lipinski definition) is 1. The van der Waals surface area contributed by atoms with Crippen molar-refractivity contribution in [2.24, 2.45) is 0 Å². The van der Waals surface area contributed by atoms with Crippen molar-refractivity contribution in [3.05, 3.63) is 76.4 Å². The number of hydrogen-bond donors (Lipinski definition) is 0. The molecule has 0 nitrogen and oxygen atoms in total. The molecule has 0 radical (unpaired) electrons. The van der Waals surface area contributed by atoms with Crippen molar-refractivity contribution in [2.75, 3.05) is 0 Å². The number of aryl methyl sites for hydroxylation is 1. The second-order valence-electron chi connectivity index (χ2n) is 5.54. The van der Waals surface area contributed by atoms with Crippen molar-refractivity contribution in [3.8, 4) is 0 Å². The summed E-state index contributed by atoms with van der Waals surface area (Å²) < 4.78 is 14.7. The zero-order valence-electron chi connectivity index (χ0n) is 12.9. The van der Waals surface area contributed by atoms with Crippen molar-refractivity contribution in [1.82, 2.24) is 0 Å². The molecule has 1 aromatic heterocycles. The summed E-state index contributed by atoms with van der Waals surface area (Å²) in [5.74, 6) is -0.177. The molecule has 112 valence electrons. The van der Waals surface area contributed by atoms with Gasteiger partial charge in [0.2, 0.25) is 0 Å². The zero-order valence-corrected chi connectivity index (χ0v) is 13.7. The Bertz CT molecular complexity index is 827. The quantitative estimate of drug-likeness (QED) is 0.510. The van der Waals surface area contributed by atoms with Crippen LogP contribution in [0.25, 0.3) is 15.7 Å². The number of halogens is 1. The number of allylic oxidation sites excluding steroid dienone is 1. The molecular weight excluding hydrogens is 291 g/mol. The van der Waals surface area contributed by atoms with E-state index in [1.165, 1.54) is 21.2 Å². The summed E-state index contributed by atoms with van der Waals surface area (Å²) in [6.07, 6.45) is 4.39. The average molecular weight is 310 g/mol. The van der Waals surface area contributed by atoms with Crippen molar-refractivity contribution in [3.63, 3.8) is 0 Å². The van der Waals surface area contributed by atoms with Gasteiger partial charge in [-0.2, -0.15) is 0 Å². The standard InChI is InChI=1S/C20H19FS/c1-3-4-5-19(18-8-7-17(21)12-14(18)2)15-6-9-20-16(13-15)10-11-22-20/h5-13H,3-4H2,1-2H3. The largest absolute Gasteiger partial charge is 0.207 e. The van der Waals surface area contributed by atoms with Crippen molar-refractivity contribution >= 4 is 27.0 Å². The predicted octanol–water partition coefficient (Wildman–Crippen LogP) is 6.58. The van der Waals surface area contributed by atoms with Crippen LogP contribution in [0.3, 0.4) is 0 Å². The summed E-state index contributed by atoms with van der Waals surface area (Å²) in [5.41, 5.74) is 4.50. The highest BCUT2D eigenvalue weighted by Crippen LogP contribution is 2.31. The first-order chi connectivity index (χ1) is 10.7. The molecule has 3 rings (SSSR count). The lowest BCUT2D eigenvalue weighted by atomic mass is 9.92. The third-order valence-corrected chi connectivity index (χ3v) is 4.78. The first-order valence-corrected chi connectivity index (χ1v) is 8.51. The van der Waals surface area contributed by atoms with Crippen molar-refractivity contribution in [1.29, 1.82) is 0 Å². The molecule has 0 fully saturated rings. The second-order valence-corrected chi connectivity index (χ2v) is 6.49. The topological polar surface area (TPSA) is 0 Å². The number of unbranched alkanes of at least 4 members (excludes halogenated alkanes) is 1. The van der Waals surface area contributed by atoms with E-state index in [4.69, 9.17) is 0 Å². The van der Waals surface area contributed by atoms with Crippen LogP contribution in [-0.2, 0) is 0 Å². The van der Waals surface area contributed by atoms with Gasteiger partial charge in [-0.15, -0.1) is 11.3 Å². The van der Waals surface area contributed by atoms with Crippen LogP contribution in [-0.4, -0.2) is 0 Å². The zero-order chi connectivity index (χ0) is 15.5. The van der Waals surface area contributed by atoms with E-state index >= 15 is 0 Å². The lowest BCUT2D eigenvalue weighted by Crippen LogP contribution is -1.93. The third-order valence-electron chi connectivity index (χ3n) is 3.88. The van der Waals surface area contributed by atoms with E-state index in [0.717, 1.165) is 24.0 Å². The van der Waals surface area contributed by atoms with E-state index in [2.05, 4.69) is 42.6 Å². The molecule has 0 N–H and O–H groups in total. The molecule has 0 aliphatic carbocycles. The lowest BCUT2D eigenvalue weighted by molar-refractivity contribution is 0.626. The van der Waals surface area contributed by atoms with Gasteiger partial charge >= 0.3 is 0 Å². The minimum atomic E-state index is -0.177. The van der Waals surface area contributed by atoms with E-state index in [9.17, 15) is 4.39 Å². The third kappa shape index (κ3) is 2.97. The smallest absolute Gasteiger partial charge is 0.123 e. The van der Waals surface area contributed by atoms with Gasteiger partial charge < -0.3 is 0 Å². The molecule has 0 bridgehead atoms. The highest BCUT2D eigenvalue weighted by atomic mass is 32.1. The van der Waals surface area contributed by atoms with E-state index in [1.807, 2.05) is 13.0 Å². The summed E-state index contributed by atoms with van der Waals surface area (Å²) in [7, 11) is 0. The Morgan fingerprint density at radius 1 is 1.14 bits per heavy atom. The highest BCUT2D eigenvalue weighted by molar-refractivity contribution is 7.17. The first-order valence-electron chi connectivity index (χ1n) is 7.63. The fourth-order valence-electron chi connectivity index (χ4n) is 2.74. The lowest BCUT2D eigenvalue weighted by Gasteiger charge is -2.12. The van der Waals surface area contributed by atoms with Gasteiger partial charge in [-0.05, 0) is 76.7 Å². The van der Waals surface area contributed by atoms with Crippen molar-refractivity contribution in [2.45, 2.75) is 26.7 Å². The molecule has 0 atom stereocenters. The Kier molecular flexibility index (Phi) is 4.39. The SMILES string of the molecule is CCCC=C(c1ccc2sccc2c1)c1ccc(F)cc1C. The average Bonchev–Trinajstić information content (AvgIpc) is 2.97. The van der Waals surface area contributed by atoms with Crippen molar-refractivity contribution < 1.29 is 4.39 Å². The second kappa shape index (κ2) is 6.45. The molecule has 0 unspecified atom stereocenters. The molecule has 2 heteroatoms. The summed E-state index contributed by atoms with van der Waals surface area (Å²) in [4.78, 5) is 0. The molecular formula is C20H19FS. The Morgan fingerprint density at radius 2 is 2.00 bits per heavy atom. The molecule has 0 spiro atoms. The first kappa shape index (κ1) is 15.0. The van der Waals surface area contributed by atoms with E-state index in [1.54, 1.807) is 23.5 Å². The van der Waals surface area contributed by atoms with Gasteiger partial charge in [0.05, 0.1) is 0 Å². The van der Waals surface area contributed by atoms with Crippen LogP contribution in [0.2, 0.25) is 0 Å². The summed E-state index contributed by atoms with van der Waals surface area (Å²) in [5, 5.41) is 3.39. The molecule has 0 aliphatic heterocycles. The Labute approximate surface area is 134 Å². The molecule has 3 aromatic rings. The predicted molar refractivity (Wildman–Crippen MR) is 94.9 cm³/mol. The molecule has 0 aliphatic rings. The Hall–Kier alpha value is -1.93. The van der Waals surface area contributed by atoms with Gasteiger partial charge in [0.25, 0.3) is 0 Å². The molecule has 2 aromatic carbocycles. The maximum atomic E-state index is 13.4. The van der Waals surface area contributed by atoms with Crippen LogP contribution in [0, 0.1) is 12.7 Å². The van der Waals surface area contributed by atoms with Crippen LogP contribution < -0.4 is 0 Å². The van der Waals surface area contributed by atoms with E-state index in [0.29, 0.717) is 0 Å². The van der Waals surface area contributed by atoms with Gasteiger partial charge in [-0.1, -0.05) is 31.6 Å². The molecule has 1 heterocycles. The number of benzene rings is 2. The van der Waals surface area contributed by atoms with Crippen LogP contribution in [0.15, 0.2) is 53.9 Å². The number of rotatable bonds is 4. The van der Waals surface area contributed by atoms with Crippen LogP contribution in [0.4, 0.5) is 4.39 Å². The molecule has 0 saturated carbocycles. The van der Waals surface area contributed by atoms with Gasteiger partial charge in [0, 0.05) is 4.70 Å². The monoisotopic (exact) mass is 310 g/mol. The van der Waals surface area contributed by atoms with Crippen LogP contribution in [0.5, 0.6) is 0 Å². The summed E-state index contributed by atoms with van der Waals surface area (Å²) in [6.45, 7) is 4.15. The fourth-order valence-corrected chi connectivity index (χ4v) is 3.51. The minimum absolute atomic E-state index is 0.177. The van der Waals surface area contributed by atoms with E-state index < -0.39 is 0 Å². The van der Waals surface area contributed by atoms with Gasteiger partial charge in [-0.3, -0.25) is 0 Å². The summed E-state index contributed by atoms with van der Waals surface area (Å²) in [6, 6.07) is 13.8. The molecule has 22 heavy (non-hydrogen) atoms. The Morgan fingerprint density at radius 3 is 2.77 bits per heavy atom. The minimum Gasteiger partial charge on any atom is -0.207 e.